The number of aromatic hydroxyl groups is 2. The van der Waals surface area contributed by atoms with Crippen molar-refractivity contribution >= 4 is 16.9 Å². The van der Waals surface area contributed by atoms with E-state index in [0.717, 1.165) is 30.9 Å². The number of methoxy groups -OCH3 is 1. The van der Waals surface area contributed by atoms with Crippen molar-refractivity contribution in [3.8, 4) is 28.6 Å². The molecule has 1 saturated heterocycles. The van der Waals surface area contributed by atoms with Gasteiger partial charge in [0.05, 0.1) is 7.11 Å². The van der Waals surface area contributed by atoms with Crippen molar-refractivity contribution in [1.82, 2.24) is 4.90 Å². The normalized spacial score (nSPS) is 14.5. The Balaban J connectivity index is 1.71. The van der Waals surface area contributed by atoms with Gasteiger partial charge < -0.3 is 24.3 Å². The molecular weight excluding hydrogens is 470 g/mol. The lowest BCUT2D eigenvalue weighted by atomic mass is 9.85. The van der Waals surface area contributed by atoms with Gasteiger partial charge in [0.25, 0.3) is 0 Å². The number of hydrogen-bond acceptors (Lipinski definition) is 6. The van der Waals surface area contributed by atoms with Crippen molar-refractivity contribution in [2.75, 3.05) is 20.2 Å². The molecule has 1 aliphatic heterocycles. The fourth-order valence-corrected chi connectivity index (χ4v) is 5.07. The summed E-state index contributed by atoms with van der Waals surface area (Å²) in [6.07, 6.45) is 3.09. The van der Waals surface area contributed by atoms with Crippen LogP contribution in [0.4, 0.5) is 0 Å². The highest BCUT2D eigenvalue weighted by Gasteiger charge is 2.30. The van der Waals surface area contributed by atoms with Crippen LogP contribution in [-0.2, 0) is 4.79 Å². The largest absolute Gasteiger partial charge is 0.507 e. The molecule has 0 bridgehead atoms. The van der Waals surface area contributed by atoms with Crippen molar-refractivity contribution in [2.45, 2.75) is 31.6 Å². The van der Waals surface area contributed by atoms with Crippen LogP contribution in [0.15, 0.2) is 75.9 Å². The summed E-state index contributed by atoms with van der Waals surface area (Å²) in [5.74, 6) is -0.325. The Hall–Kier alpha value is -4.26. The van der Waals surface area contributed by atoms with Crippen LogP contribution >= 0.6 is 0 Å². The molecule has 1 atom stereocenters. The van der Waals surface area contributed by atoms with E-state index in [1.807, 2.05) is 47.4 Å². The zero-order valence-electron chi connectivity index (χ0n) is 20.6. The van der Waals surface area contributed by atoms with Gasteiger partial charge in [0, 0.05) is 48.7 Å². The highest BCUT2D eigenvalue weighted by atomic mass is 16.5. The molecule has 4 aromatic rings. The van der Waals surface area contributed by atoms with E-state index in [1.54, 1.807) is 19.2 Å². The number of phenols is 2. The Morgan fingerprint density at radius 1 is 0.973 bits per heavy atom. The zero-order chi connectivity index (χ0) is 25.9. The molecule has 0 aliphatic carbocycles. The predicted molar refractivity (Wildman–Crippen MR) is 141 cm³/mol. The van der Waals surface area contributed by atoms with Gasteiger partial charge in [-0.05, 0) is 37.0 Å². The molecule has 7 heteroatoms. The Morgan fingerprint density at radius 2 is 1.68 bits per heavy atom. The SMILES string of the molecule is COc1ccc([C@H](CC(=O)N2CCCCC2)c2c(O)cc(O)c3c(=O)cc(-c4ccccc4)oc23)cc1. The highest BCUT2D eigenvalue weighted by Crippen LogP contribution is 2.43. The van der Waals surface area contributed by atoms with Crippen LogP contribution in [0.2, 0.25) is 0 Å². The van der Waals surface area contributed by atoms with Gasteiger partial charge in [-0.2, -0.15) is 0 Å². The Kier molecular flexibility index (Phi) is 6.86. The molecule has 1 aromatic heterocycles. The van der Waals surface area contributed by atoms with E-state index in [9.17, 15) is 19.8 Å². The number of carbonyl (C=O) groups is 1. The number of hydrogen-bond donors (Lipinski definition) is 2. The van der Waals surface area contributed by atoms with Crippen molar-refractivity contribution in [3.63, 3.8) is 0 Å². The average Bonchev–Trinajstić information content (AvgIpc) is 2.93. The summed E-state index contributed by atoms with van der Waals surface area (Å²) < 4.78 is 11.5. The first-order valence-electron chi connectivity index (χ1n) is 12.5. The van der Waals surface area contributed by atoms with Crippen molar-refractivity contribution in [3.05, 3.63) is 88.1 Å². The van der Waals surface area contributed by atoms with Gasteiger partial charge in [-0.25, -0.2) is 0 Å². The Morgan fingerprint density at radius 3 is 2.35 bits per heavy atom. The van der Waals surface area contributed by atoms with E-state index in [2.05, 4.69) is 0 Å². The van der Waals surface area contributed by atoms with E-state index >= 15 is 0 Å². The van der Waals surface area contributed by atoms with Crippen LogP contribution in [0.3, 0.4) is 0 Å². The molecule has 0 spiro atoms. The van der Waals surface area contributed by atoms with Crippen molar-refractivity contribution < 1.29 is 24.2 Å². The lowest BCUT2D eigenvalue weighted by Crippen LogP contribution is -2.36. The number of rotatable bonds is 6. The molecule has 0 unspecified atom stereocenters. The minimum absolute atomic E-state index is 0.0311. The number of likely N-dealkylation sites (tertiary alicyclic amines) is 1. The lowest BCUT2D eigenvalue weighted by molar-refractivity contribution is -0.132. The number of ether oxygens (including phenoxy) is 1. The molecule has 2 N–H and O–H groups in total. The van der Waals surface area contributed by atoms with Gasteiger partial charge >= 0.3 is 0 Å². The number of phenolic OH excluding ortho intramolecular Hbond substituents is 2. The average molecular weight is 500 g/mol. The van der Waals surface area contributed by atoms with Crippen LogP contribution in [0.25, 0.3) is 22.3 Å². The lowest BCUT2D eigenvalue weighted by Gasteiger charge is -2.29. The van der Waals surface area contributed by atoms with E-state index in [4.69, 9.17) is 9.15 Å². The molecule has 0 saturated carbocycles. The van der Waals surface area contributed by atoms with Gasteiger partial charge in [-0.15, -0.1) is 0 Å². The summed E-state index contributed by atoms with van der Waals surface area (Å²) in [4.78, 5) is 28.5. The molecule has 2 heterocycles. The van der Waals surface area contributed by atoms with Gasteiger partial charge in [0.2, 0.25) is 5.91 Å². The van der Waals surface area contributed by atoms with Crippen LogP contribution in [0, 0.1) is 0 Å². The monoisotopic (exact) mass is 499 g/mol. The number of fused-ring (bicyclic) bond motifs is 1. The van der Waals surface area contributed by atoms with Gasteiger partial charge in [0.1, 0.15) is 34.0 Å². The summed E-state index contributed by atoms with van der Waals surface area (Å²) >= 11 is 0. The van der Waals surface area contributed by atoms with E-state index in [-0.39, 0.29) is 34.8 Å². The highest BCUT2D eigenvalue weighted by molar-refractivity contribution is 5.91. The minimum Gasteiger partial charge on any atom is -0.507 e. The molecule has 1 amide bonds. The standard InChI is InChI=1S/C30H29NO6/c1-36-21-12-10-19(11-13-21)22(16-27(35)31-14-6-3-7-15-31)28-23(32)17-24(33)29-25(34)18-26(37-30(28)29)20-8-4-2-5-9-20/h2,4-5,8-13,17-18,22,32-33H,3,6-7,14-16H2,1H3/t22-/m0/s1. The molecule has 37 heavy (non-hydrogen) atoms. The Bertz CT molecular complexity index is 1470. The van der Waals surface area contributed by atoms with Crippen LogP contribution in [0.5, 0.6) is 17.2 Å². The fourth-order valence-electron chi connectivity index (χ4n) is 5.07. The number of piperidine rings is 1. The molecule has 1 aliphatic rings. The topological polar surface area (TPSA) is 100 Å². The number of carbonyl (C=O) groups excluding carboxylic acids is 1. The fraction of sp³-hybridized carbons (Fsp3) is 0.267. The molecular formula is C30H29NO6. The first-order chi connectivity index (χ1) is 18.0. The Labute approximate surface area is 214 Å². The third kappa shape index (κ3) is 4.89. The number of amides is 1. The van der Waals surface area contributed by atoms with E-state index < -0.39 is 11.3 Å². The molecule has 3 aromatic carbocycles. The summed E-state index contributed by atoms with van der Waals surface area (Å²) in [6, 6.07) is 18.9. The second kappa shape index (κ2) is 10.4. The maximum atomic E-state index is 13.4. The maximum Gasteiger partial charge on any atom is 0.223 e. The van der Waals surface area contributed by atoms with Gasteiger partial charge in [0.15, 0.2) is 5.43 Å². The van der Waals surface area contributed by atoms with Crippen LogP contribution in [0.1, 0.15) is 42.7 Å². The van der Waals surface area contributed by atoms with Crippen molar-refractivity contribution in [2.24, 2.45) is 0 Å². The smallest absolute Gasteiger partial charge is 0.223 e. The summed E-state index contributed by atoms with van der Waals surface area (Å²) in [6.45, 7) is 1.40. The molecule has 7 nitrogen and oxygen atoms in total. The van der Waals surface area contributed by atoms with Crippen LogP contribution < -0.4 is 10.2 Å². The van der Waals surface area contributed by atoms with Gasteiger partial charge in [-0.3, -0.25) is 9.59 Å². The summed E-state index contributed by atoms with van der Waals surface area (Å²) in [5, 5.41) is 21.7. The second-order valence-electron chi connectivity index (χ2n) is 9.34. The molecule has 190 valence electrons. The first kappa shape index (κ1) is 24.4. The summed E-state index contributed by atoms with van der Waals surface area (Å²) in [7, 11) is 1.57. The summed E-state index contributed by atoms with van der Waals surface area (Å²) in [5.41, 5.74) is 1.35. The number of nitrogens with zero attached hydrogens (tertiary/aromatic N) is 1. The van der Waals surface area contributed by atoms with E-state index in [1.165, 1.54) is 6.07 Å². The molecule has 5 rings (SSSR count). The quantitative estimate of drug-likeness (QED) is 0.368. The van der Waals surface area contributed by atoms with Crippen molar-refractivity contribution in [1.29, 1.82) is 0 Å². The number of benzene rings is 3. The zero-order valence-corrected chi connectivity index (χ0v) is 20.6. The third-order valence-electron chi connectivity index (χ3n) is 7.01. The minimum atomic E-state index is -0.627. The van der Waals surface area contributed by atoms with Gasteiger partial charge in [-0.1, -0.05) is 42.5 Å². The van der Waals surface area contributed by atoms with E-state index in [0.29, 0.717) is 35.7 Å². The third-order valence-corrected chi connectivity index (χ3v) is 7.01. The second-order valence-corrected chi connectivity index (χ2v) is 9.34. The first-order valence-corrected chi connectivity index (χ1v) is 12.5. The molecule has 0 radical (unpaired) electrons. The van der Waals surface area contributed by atoms with Crippen LogP contribution in [-0.4, -0.2) is 41.2 Å². The predicted octanol–water partition coefficient (Wildman–Crippen LogP) is 5.41. The molecule has 1 fully saturated rings. The maximum absolute atomic E-state index is 13.4.